The first-order valence-corrected chi connectivity index (χ1v) is 5.72. The Hall–Kier alpha value is -1.40. The topological polar surface area (TPSA) is 70.5 Å². The van der Waals surface area contributed by atoms with Gasteiger partial charge in [-0.05, 0) is 6.92 Å². The van der Waals surface area contributed by atoms with Crippen LogP contribution in [0, 0.1) is 0 Å². The standard InChI is InChI=1S/C11H20N4O2/c1-3-13-10-8-12-9-11(14-10)15(4-6-16)5-7-17-2/h8-9,16H,3-7H2,1-2H3,(H,13,14). The predicted molar refractivity (Wildman–Crippen MR) is 67.4 cm³/mol. The lowest BCUT2D eigenvalue weighted by Gasteiger charge is -2.22. The lowest BCUT2D eigenvalue weighted by Crippen LogP contribution is -2.31. The van der Waals surface area contributed by atoms with Crippen LogP contribution in [0.15, 0.2) is 12.4 Å². The second-order valence-electron chi connectivity index (χ2n) is 3.50. The number of nitrogens with one attached hydrogen (secondary N) is 1. The fourth-order valence-corrected chi connectivity index (χ4v) is 1.44. The predicted octanol–water partition coefficient (Wildman–Crippen LogP) is 0.353. The zero-order valence-corrected chi connectivity index (χ0v) is 10.4. The molecule has 0 aliphatic rings. The van der Waals surface area contributed by atoms with E-state index in [4.69, 9.17) is 9.84 Å². The van der Waals surface area contributed by atoms with Crippen LogP contribution in [0.4, 0.5) is 11.6 Å². The Kier molecular flexibility index (Phi) is 6.27. The second-order valence-corrected chi connectivity index (χ2v) is 3.50. The molecule has 6 nitrogen and oxygen atoms in total. The molecule has 2 N–H and O–H groups in total. The van der Waals surface area contributed by atoms with E-state index in [0.29, 0.717) is 19.7 Å². The Labute approximate surface area is 102 Å². The van der Waals surface area contributed by atoms with Gasteiger partial charge in [-0.1, -0.05) is 0 Å². The van der Waals surface area contributed by atoms with Gasteiger partial charge in [0.1, 0.15) is 11.6 Å². The Balaban J connectivity index is 2.73. The molecule has 0 radical (unpaired) electrons. The van der Waals surface area contributed by atoms with Gasteiger partial charge in [0.15, 0.2) is 0 Å². The van der Waals surface area contributed by atoms with Crippen LogP contribution in [0.2, 0.25) is 0 Å². The first-order chi connectivity index (χ1) is 8.31. The maximum atomic E-state index is 9.02. The van der Waals surface area contributed by atoms with Gasteiger partial charge in [0, 0.05) is 26.7 Å². The van der Waals surface area contributed by atoms with E-state index < -0.39 is 0 Å². The molecule has 1 heterocycles. The minimum Gasteiger partial charge on any atom is -0.395 e. The zero-order valence-electron chi connectivity index (χ0n) is 10.4. The highest BCUT2D eigenvalue weighted by molar-refractivity contribution is 5.43. The van der Waals surface area contributed by atoms with Crippen molar-refractivity contribution >= 4 is 11.6 Å². The summed E-state index contributed by atoms with van der Waals surface area (Å²) in [6, 6.07) is 0. The van der Waals surface area contributed by atoms with Crippen molar-refractivity contribution in [2.24, 2.45) is 0 Å². The number of ether oxygens (including phenoxy) is 1. The molecule has 0 amide bonds. The van der Waals surface area contributed by atoms with Crippen molar-refractivity contribution < 1.29 is 9.84 Å². The molecule has 1 aromatic rings. The monoisotopic (exact) mass is 240 g/mol. The van der Waals surface area contributed by atoms with Gasteiger partial charge in [-0.15, -0.1) is 0 Å². The van der Waals surface area contributed by atoms with Crippen LogP contribution in [-0.2, 0) is 4.74 Å². The number of rotatable bonds is 8. The Bertz CT molecular complexity index is 322. The lowest BCUT2D eigenvalue weighted by atomic mass is 10.4. The molecule has 0 saturated heterocycles. The molecule has 0 aromatic carbocycles. The van der Waals surface area contributed by atoms with E-state index in [1.807, 2.05) is 11.8 Å². The van der Waals surface area contributed by atoms with Crippen molar-refractivity contribution in [3.05, 3.63) is 12.4 Å². The third-order valence-corrected chi connectivity index (χ3v) is 2.24. The molecule has 0 unspecified atom stereocenters. The maximum Gasteiger partial charge on any atom is 0.149 e. The Morgan fingerprint density at radius 1 is 1.41 bits per heavy atom. The van der Waals surface area contributed by atoms with Crippen molar-refractivity contribution in [3.63, 3.8) is 0 Å². The summed E-state index contributed by atoms with van der Waals surface area (Å²) in [4.78, 5) is 10.5. The second kappa shape index (κ2) is 7.81. The lowest BCUT2D eigenvalue weighted by molar-refractivity contribution is 0.202. The van der Waals surface area contributed by atoms with Crippen molar-refractivity contribution in [1.82, 2.24) is 9.97 Å². The maximum absolute atomic E-state index is 9.02. The summed E-state index contributed by atoms with van der Waals surface area (Å²) in [5.74, 6) is 1.49. The highest BCUT2D eigenvalue weighted by Crippen LogP contribution is 2.11. The van der Waals surface area contributed by atoms with Crippen LogP contribution in [0.3, 0.4) is 0 Å². The summed E-state index contributed by atoms with van der Waals surface area (Å²) in [7, 11) is 1.65. The average Bonchev–Trinajstić information content (AvgIpc) is 2.35. The molecule has 0 aliphatic carbocycles. The van der Waals surface area contributed by atoms with Gasteiger partial charge in [0.05, 0.1) is 25.6 Å². The minimum absolute atomic E-state index is 0.0802. The fraction of sp³-hybridized carbons (Fsp3) is 0.636. The van der Waals surface area contributed by atoms with Gasteiger partial charge in [0.25, 0.3) is 0 Å². The first kappa shape index (κ1) is 13.7. The molecule has 0 atom stereocenters. The summed E-state index contributed by atoms with van der Waals surface area (Å²) in [5.41, 5.74) is 0. The average molecular weight is 240 g/mol. The van der Waals surface area contributed by atoms with E-state index in [1.165, 1.54) is 0 Å². The quantitative estimate of drug-likeness (QED) is 0.683. The van der Waals surface area contributed by atoms with E-state index in [1.54, 1.807) is 19.5 Å². The number of aliphatic hydroxyl groups excluding tert-OH is 1. The van der Waals surface area contributed by atoms with E-state index in [-0.39, 0.29) is 6.61 Å². The van der Waals surface area contributed by atoms with Gasteiger partial charge >= 0.3 is 0 Å². The smallest absolute Gasteiger partial charge is 0.149 e. The van der Waals surface area contributed by atoms with Crippen molar-refractivity contribution in [1.29, 1.82) is 0 Å². The molecule has 0 aliphatic heterocycles. The minimum atomic E-state index is 0.0802. The number of aliphatic hydroxyl groups is 1. The molecule has 0 bridgehead atoms. The van der Waals surface area contributed by atoms with Gasteiger partial charge in [-0.25, -0.2) is 4.98 Å². The molecule has 1 rings (SSSR count). The molecular formula is C11H20N4O2. The molecule has 0 saturated carbocycles. The van der Waals surface area contributed by atoms with Crippen LogP contribution in [0.25, 0.3) is 0 Å². The first-order valence-electron chi connectivity index (χ1n) is 5.72. The highest BCUT2D eigenvalue weighted by atomic mass is 16.5. The van der Waals surface area contributed by atoms with Crippen molar-refractivity contribution in [2.75, 3.05) is 50.2 Å². The Morgan fingerprint density at radius 2 is 2.24 bits per heavy atom. The number of hydrogen-bond donors (Lipinski definition) is 2. The van der Waals surface area contributed by atoms with Gasteiger partial charge < -0.3 is 20.1 Å². The SMILES string of the molecule is CCNc1cncc(N(CCO)CCOC)n1. The van der Waals surface area contributed by atoms with Crippen LogP contribution in [0.1, 0.15) is 6.92 Å². The molecular weight excluding hydrogens is 220 g/mol. The molecule has 6 heteroatoms. The summed E-state index contributed by atoms with van der Waals surface area (Å²) in [6.45, 7) is 4.68. The van der Waals surface area contributed by atoms with E-state index >= 15 is 0 Å². The Morgan fingerprint density at radius 3 is 2.88 bits per heavy atom. The summed E-state index contributed by atoms with van der Waals surface area (Å²) < 4.78 is 5.03. The summed E-state index contributed by atoms with van der Waals surface area (Å²) in [6.07, 6.45) is 3.37. The molecule has 0 fully saturated rings. The normalized spacial score (nSPS) is 10.3. The molecule has 1 aromatic heterocycles. The van der Waals surface area contributed by atoms with Crippen molar-refractivity contribution in [2.45, 2.75) is 6.92 Å². The van der Waals surface area contributed by atoms with Gasteiger partial charge in [-0.3, -0.25) is 4.98 Å². The van der Waals surface area contributed by atoms with Crippen LogP contribution < -0.4 is 10.2 Å². The van der Waals surface area contributed by atoms with Crippen LogP contribution >= 0.6 is 0 Å². The molecule has 17 heavy (non-hydrogen) atoms. The number of hydrogen-bond acceptors (Lipinski definition) is 6. The third kappa shape index (κ3) is 4.54. The van der Waals surface area contributed by atoms with Gasteiger partial charge in [-0.2, -0.15) is 0 Å². The fourth-order valence-electron chi connectivity index (χ4n) is 1.44. The summed E-state index contributed by atoms with van der Waals surface area (Å²) in [5, 5.41) is 12.1. The number of nitrogens with zero attached hydrogens (tertiary/aromatic N) is 3. The largest absolute Gasteiger partial charge is 0.395 e. The van der Waals surface area contributed by atoms with E-state index in [9.17, 15) is 0 Å². The van der Waals surface area contributed by atoms with E-state index in [2.05, 4.69) is 15.3 Å². The number of methoxy groups -OCH3 is 1. The molecule has 96 valence electrons. The highest BCUT2D eigenvalue weighted by Gasteiger charge is 2.08. The summed E-state index contributed by atoms with van der Waals surface area (Å²) >= 11 is 0. The third-order valence-electron chi connectivity index (χ3n) is 2.24. The van der Waals surface area contributed by atoms with Crippen LogP contribution in [0.5, 0.6) is 0 Å². The van der Waals surface area contributed by atoms with Crippen LogP contribution in [-0.4, -0.2) is 55.0 Å². The van der Waals surface area contributed by atoms with E-state index in [0.717, 1.165) is 18.2 Å². The van der Waals surface area contributed by atoms with Crippen molar-refractivity contribution in [3.8, 4) is 0 Å². The number of anilines is 2. The van der Waals surface area contributed by atoms with Gasteiger partial charge in [0.2, 0.25) is 0 Å². The molecule has 0 spiro atoms. The zero-order chi connectivity index (χ0) is 12.5. The number of aromatic nitrogens is 2.